The Morgan fingerprint density at radius 2 is 2.20 bits per heavy atom. The van der Waals surface area contributed by atoms with Crippen molar-refractivity contribution in [3.63, 3.8) is 0 Å². The smallest absolute Gasteiger partial charge is 0.150 e. The molecule has 1 heterocycles. The number of aldehydes is 1. The fourth-order valence-corrected chi connectivity index (χ4v) is 1.56. The van der Waals surface area contributed by atoms with Crippen LogP contribution in [0, 0.1) is 0 Å². The molecule has 0 amide bonds. The molecule has 0 spiro atoms. The van der Waals surface area contributed by atoms with Crippen LogP contribution in [0.25, 0.3) is 10.9 Å². The lowest BCUT2D eigenvalue weighted by Gasteiger charge is -2.04. The number of nitrogens with one attached hydrogen (secondary N) is 1. The van der Waals surface area contributed by atoms with E-state index in [1.807, 2.05) is 31.2 Å². The first-order valence-corrected chi connectivity index (χ1v) is 4.94. The second kappa shape index (κ2) is 4.09. The molecule has 3 heteroatoms. The van der Waals surface area contributed by atoms with Gasteiger partial charge in [0.25, 0.3) is 0 Å². The summed E-state index contributed by atoms with van der Waals surface area (Å²) in [5.41, 5.74) is 1.53. The third-order valence-corrected chi connectivity index (χ3v) is 2.25. The van der Waals surface area contributed by atoms with E-state index >= 15 is 0 Å². The Bertz CT molecular complexity index is 494. The van der Waals surface area contributed by atoms with Gasteiger partial charge in [-0.2, -0.15) is 0 Å². The van der Waals surface area contributed by atoms with Crippen molar-refractivity contribution in [3.05, 3.63) is 35.9 Å². The maximum atomic E-state index is 10.8. The highest BCUT2D eigenvalue weighted by atomic mass is 16.1. The van der Waals surface area contributed by atoms with Crippen molar-refractivity contribution in [2.75, 3.05) is 11.9 Å². The van der Waals surface area contributed by atoms with Gasteiger partial charge < -0.3 is 5.32 Å². The van der Waals surface area contributed by atoms with Crippen LogP contribution in [0.15, 0.2) is 30.3 Å². The molecule has 0 aliphatic rings. The molecule has 0 atom stereocenters. The molecule has 2 rings (SSSR count). The van der Waals surface area contributed by atoms with Crippen LogP contribution in [0.4, 0.5) is 5.82 Å². The molecule has 15 heavy (non-hydrogen) atoms. The highest BCUT2D eigenvalue weighted by Crippen LogP contribution is 2.17. The largest absolute Gasteiger partial charge is 0.370 e. The number of carbonyl (C=O) groups excluding carboxylic acids is 1. The second-order valence-corrected chi connectivity index (χ2v) is 3.26. The van der Waals surface area contributed by atoms with Crippen molar-refractivity contribution < 1.29 is 4.79 Å². The standard InChI is InChI=1S/C12H12N2O/c1-2-13-12-7-6-10-9(8-15)4-3-5-11(10)14-12/h3-8H,2H2,1H3,(H,13,14). The van der Waals surface area contributed by atoms with E-state index in [2.05, 4.69) is 10.3 Å². The molecule has 0 saturated heterocycles. The fourth-order valence-electron chi connectivity index (χ4n) is 1.56. The Morgan fingerprint density at radius 1 is 1.33 bits per heavy atom. The molecule has 76 valence electrons. The Morgan fingerprint density at radius 3 is 2.93 bits per heavy atom. The molecule has 0 unspecified atom stereocenters. The van der Waals surface area contributed by atoms with E-state index in [1.165, 1.54) is 0 Å². The lowest BCUT2D eigenvalue weighted by molar-refractivity contribution is 0.112. The average Bonchev–Trinajstić information content (AvgIpc) is 2.28. The number of fused-ring (bicyclic) bond motifs is 1. The van der Waals surface area contributed by atoms with Crippen LogP contribution in [0.5, 0.6) is 0 Å². The number of rotatable bonds is 3. The topological polar surface area (TPSA) is 42.0 Å². The van der Waals surface area contributed by atoms with Crippen molar-refractivity contribution in [2.45, 2.75) is 6.92 Å². The summed E-state index contributed by atoms with van der Waals surface area (Å²) in [5.74, 6) is 0.841. The predicted octanol–water partition coefficient (Wildman–Crippen LogP) is 2.48. The minimum atomic E-state index is 0.683. The molecule has 0 aliphatic carbocycles. The number of hydrogen-bond acceptors (Lipinski definition) is 3. The Labute approximate surface area is 88.1 Å². The van der Waals surface area contributed by atoms with E-state index in [1.54, 1.807) is 6.07 Å². The molecule has 0 radical (unpaired) electrons. The van der Waals surface area contributed by atoms with Gasteiger partial charge in [-0.05, 0) is 25.1 Å². The van der Waals surface area contributed by atoms with Crippen LogP contribution < -0.4 is 5.32 Å². The van der Waals surface area contributed by atoms with E-state index < -0.39 is 0 Å². The van der Waals surface area contributed by atoms with Crippen molar-refractivity contribution in [3.8, 4) is 0 Å². The van der Waals surface area contributed by atoms with Crippen LogP contribution in [0.3, 0.4) is 0 Å². The summed E-state index contributed by atoms with van der Waals surface area (Å²) < 4.78 is 0. The summed E-state index contributed by atoms with van der Waals surface area (Å²) in [4.78, 5) is 15.2. The van der Waals surface area contributed by atoms with Gasteiger partial charge in [0.05, 0.1) is 5.52 Å². The number of anilines is 1. The first kappa shape index (κ1) is 9.65. The molecule has 0 saturated carbocycles. The molecule has 0 aliphatic heterocycles. The molecular weight excluding hydrogens is 188 g/mol. The van der Waals surface area contributed by atoms with Gasteiger partial charge in [0.1, 0.15) is 5.82 Å². The quantitative estimate of drug-likeness (QED) is 0.774. The number of aromatic nitrogens is 1. The van der Waals surface area contributed by atoms with Gasteiger partial charge in [-0.1, -0.05) is 12.1 Å². The van der Waals surface area contributed by atoms with Crippen LogP contribution >= 0.6 is 0 Å². The summed E-state index contributed by atoms with van der Waals surface area (Å²) in [6.07, 6.45) is 0.858. The Kier molecular flexibility index (Phi) is 2.63. The van der Waals surface area contributed by atoms with Crippen molar-refractivity contribution in [1.82, 2.24) is 4.98 Å². The highest BCUT2D eigenvalue weighted by Gasteiger charge is 2.01. The Balaban J connectivity index is 2.58. The molecule has 3 nitrogen and oxygen atoms in total. The normalized spacial score (nSPS) is 10.2. The van der Waals surface area contributed by atoms with Crippen molar-refractivity contribution >= 4 is 23.0 Å². The van der Waals surface area contributed by atoms with Crippen LogP contribution in [-0.2, 0) is 0 Å². The summed E-state index contributed by atoms with van der Waals surface area (Å²) in [5, 5.41) is 4.04. The zero-order valence-corrected chi connectivity index (χ0v) is 8.53. The second-order valence-electron chi connectivity index (χ2n) is 3.26. The van der Waals surface area contributed by atoms with E-state index in [0.717, 1.165) is 29.6 Å². The highest BCUT2D eigenvalue weighted by molar-refractivity contribution is 5.96. The van der Waals surface area contributed by atoms with E-state index in [9.17, 15) is 4.79 Å². The van der Waals surface area contributed by atoms with Gasteiger partial charge in [0.2, 0.25) is 0 Å². The maximum absolute atomic E-state index is 10.8. The molecule has 0 fully saturated rings. The number of nitrogens with zero attached hydrogens (tertiary/aromatic N) is 1. The van der Waals surface area contributed by atoms with E-state index in [4.69, 9.17) is 0 Å². The Hall–Kier alpha value is -1.90. The third kappa shape index (κ3) is 1.81. The van der Waals surface area contributed by atoms with Crippen molar-refractivity contribution in [1.29, 1.82) is 0 Å². The lowest BCUT2D eigenvalue weighted by Crippen LogP contribution is -1.99. The first-order valence-electron chi connectivity index (χ1n) is 4.94. The van der Waals surface area contributed by atoms with E-state index in [-0.39, 0.29) is 0 Å². The zero-order valence-electron chi connectivity index (χ0n) is 8.53. The molecule has 1 N–H and O–H groups in total. The predicted molar refractivity (Wildman–Crippen MR) is 61.3 cm³/mol. The molecular formula is C12H12N2O. The van der Waals surface area contributed by atoms with Gasteiger partial charge in [-0.15, -0.1) is 0 Å². The number of carbonyl (C=O) groups is 1. The SMILES string of the molecule is CCNc1ccc2c(C=O)cccc2n1. The number of hydrogen-bond donors (Lipinski definition) is 1. The summed E-state index contributed by atoms with van der Waals surface area (Å²) in [6, 6.07) is 9.35. The van der Waals surface area contributed by atoms with Crippen molar-refractivity contribution in [2.24, 2.45) is 0 Å². The van der Waals surface area contributed by atoms with Crippen LogP contribution in [0.1, 0.15) is 17.3 Å². The molecule has 1 aromatic carbocycles. The molecule has 0 bridgehead atoms. The maximum Gasteiger partial charge on any atom is 0.150 e. The van der Waals surface area contributed by atoms with Gasteiger partial charge in [-0.3, -0.25) is 4.79 Å². The average molecular weight is 200 g/mol. The summed E-state index contributed by atoms with van der Waals surface area (Å²) in [7, 11) is 0. The van der Waals surface area contributed by atoms with Gasteiger partial charge >= 0.3 is 0 Å². The number of pyridine rings is 1. The minimum Gasteiger partial charge on any atom is -0.370 e. The summed E-state index contributed by atoms with van der Waals surface area (Å²) in [6.45, 7) is 2.86. The monoisotopic (exact) mass is 200 g/mol. The zero-order chi connectivity index (χ0) is 10.7. The lowest BCUT2D eigenvalue weighted by atomic mass is 10.1. The summed E-state index contributed by atoms with van der Waals surface area (Å²) >= 11 is 0. The van der Waals surface area contributed by atoms with Gasteiger partial charge in [0.15, 0.2) is 6.29 Å². The first-order chi connectivity index (χ1) is 7.35. The minimum absolute atomic E-state index is 0.683. The van der Waals surface area contributed by atoms with E-state index in [0.29, 0.717) is 5.56 Å². The number of benzene rings is 1. The molecule has 2 aromatic rings. The van der Waals surface area contributed by atoms with Crippen LogP contribution in [0.2, 0.25) is 0 Å². The van der Waals surface area contributed by atoms with Crippen LogP contribution in [-0.4, -0.2) is 17.8 Å². The van der Waals surface area contributed by atoms with Gasteiger partial charge in [-0.25, -0.2) is 4.98 Å². The fraction of sp³-hybridized carbons (Fsp3) is 0.167. The third-order valence-electron chi connectivity index (χ3n) is 2.25. The molecule has 1 aromatic heterocycles. The van der Waals surface area contributed by atoms with Gasteiger partial charge in [0, 0.05) is 17.5 Å².